The molecule has 0 bridgehead atoms. The van der Waals surface area contributed by atoms with E-state index in [-0.39, 0.29) is 11.8 Å². The van der Waals surface area contributed by atoms with Gasteiger partial charge in [0.15, 0.2) is 0 Å². The van der Waals surface area contributed by atoms with E-state index < -0.39 is 0 Å². The van der Waals surface area contributed by atoms with E-state index in [0.29, 0.717) is 17.4 Å². The SMILES string of the molecule is CCC(C)[C@H](c1c(O)cc(OC)cc1OC)N1CCNCC1. The minimum absolute atomic E-state index is 0.146. The molecule has 2 atom stereocenters. The second-order valence-corrected chi connectivity index (χ2v) is 5.88. The number of piperazine rings is 1. The average molecular weight is 308 g/mol. The molecule has 0 aliphatic carbocycles. The van der Waals surface area contributed by atoms with Gasteiger partial charge in [0, 0.05) is 44.4 Å². The van der Waals surface area contributed by atoms with Crippen molar-refractivity contribution in [3.05, 3.63) is 17.7 Å². The summed E-state index contributed by atoms with van der Waals surface area (Å²) in [5, 5.41) is 14.0. The highest BCUT2D eigenvalue weighted by Gasteiger charge is 2.31. The first-order valence-corrected chi connectivity index (χ1v) is 8.02. The summed E-state index contributed by atoms with van der Waals surface area (Å²) in [5.41, 5.74) is 0.875. The first-order chi connectivity index (χ1) is 10.6. The Kier molecular flexibility index (Phi) is 5.91. The highest BCUT2D eigenvalue weighted by atomic mass is 16.5. The van der Waals surface area contributed by atoms with Crippen LogP contribution in [0.5, 0.6) is 17.2 Å². The largest absolute Gasteiger partial charge is 0.507 e. The molecule has 1 aromatic carbocycles. The number of phenols is 1. The molecule has 1 saturated heterocycles. The molecule has 0 aromatic heterocycles. The number of hydrogen-bond donors (Lipinski definition) is 2. The monoisotopic (exact) mass is 308 g/mol. The molecule has 1 aliphatic heterocycles. The molecular weight excluding hydrogens is 280 g/mol. The third-order valence-electron chi connectivity index (χ3n) is 4.57. The number of aromatic hydroxyl groups is 1. The summed E-state index contributed by atoms with van der Waals surface area (Å²) >= 11 is 0. The van der Waals surface area contributed by atoms with Crippen molar-refractivity contribution in [3.8, 4) is 17.2 Å². The lowest BCUT2D eigenvalue weighted by molar-refractivity contribution is 0.123. The zero-order chi connectivity index (χ0) is 16.1. The number of phenolic OH excluding ortho intramolecular Hbond substituents is 1. The molecule has 124 valence electrons. The highest BCUT2D eigenvalue weighted by molar-refractivity contribution is 5.52. The Bertz CT molecular complexity index is 487. The summed E-state index contributed by atoms with van der Waals surface area (Å²) in [6, 6.07) is 3.68. The second-order valence-electron chi connectivity index (χ2n) is 5.88. The predicted octanol–water partition coefficient (Wildman–Crippen LogP) is 2.40. The molecule has 22 heavy (non-hydrogen) atoms. The van der Waals surface area contributed by atoms with Gasteiger partial charge in [-0.3, -0.25) is 4.90 Å². The fourth-order valence-corrected chi connectivity index (χ4v) is 3.18. The maximum absolute atomic E-state index is 10.6. The van der Waals surface area contributed by atoms with Crippen LogP contribution in [-0.2, 0) is 0 Å². The highest BCUT2D eigenvalue weighted by Crippen LogP contribution is 2.43. The van der Waals surface area contributed by atoms with Crippen molar-refractivity contribution in [2.45, 2.75) is 26.3 Å². The van der Waals surface area contributed by atoms with Crippen LogP contribution in [0.1, 0.15) is 31.9 Å². The lowest BCUT2D eigenvalue weighted by atomic mass is 9.89. The van der Waals surface area contributed by atoms with Crippen LogP contribution in [0.3, 0.4) is 0 Å². The van der Waals surface area contributed by atoms with Crippen molar-refractivity contribution in [1.82, 2.24) is 10.2 Å². The van der Waals surface area contributed by atoms with Gasteiger partial charge in [-0.05, 0) is 5.92 Å². The normalized spacial score (nSPS) is 18.7. The molecule has 1 heterocycles. The summed E-state index contributed by atoms with van der Waals surface area (Å²) < 4.78 is 10.8. The van der Waals surface area contributed by atoms with Gasteiger partial charge in [-0.15, -0.1) is 0 Å². The zero-order valence-corrected chi connectivity index (χ0v) is 14.1. The Morgan fingerprint density at radius 2 is 1.91 bits per heavy atom. The lowest BCUT2D eigenvalue weighted by Crippen LogP contribution is -2.46. The Morgan fingerprint density at radius 3 is 2.45 bits per heavy atom. The molecule has 0 radical (unpaired) electrons. The van der Waals surface area contributed by atoms with Crippen LogP contribution in [0.2, 0.25) is 0 Å². The maximum Gasteiger partial charge on any atom is 0.131 e. The van der Waals surface area contributed by atoms with Crippen LogP contribution in [-0.4, -0.2) is 50.4 Å². The fraction of sp³-hybridized carbons (Fsp3) is 0.647. The van der Waals surface area contributed by atoms with Gasteiger partial charge < -0.3 is 19.9 Å². The van der Waals surface area contributed by atoms with Crippen LogP contribution in [0, 0.1) is 5.92 Å². The molecule has 2 rings (SSSR count). The average Bonchev–Trinajstić information content (AvgIpc) is 2.56. The number of methoxy groups -OCH3 is 2. The van der Waals surface area contributed by atoms with Crippen LogP contribution < -0.4 is 14.8 Å². The number of rotatable bonds is 6. The molecule has 5 nitrogen and oxygen atoms in total. The first kappa shape index (κ1) is 16.9. The molecule has 2 N–H and O–H groups in total. The van der Waals surface area contributed by atoms with E-state index in [2.05, 4.69) is 24.1 Å². The van der Waals surface area contributed by atoms with Gasteiger partial charge in [0.1, 0.15) is 17.2 Å². The van der Waals surface area contributed by atoms with Crippen molar-refractivity contribution in [2.75, 3.05) is 40.4 Å². The number of ether oxygens (including phenoxy) is 2. The maximum atomic E-state index is 10.6. The molecular formula is C17H28N2O3. The van der Waals surface area contributed by atoms with E-state index in [1.165, 1.54) is 0 Å². The van der Waals surface area contributed by atoms with Crippen LogP contribution >= 0.6 is 0 Å². The minimum Gasteiger partial charge on any atom is -0.507 e. The van der Waals surface area contributed by atoms with Gasteiger partial charge in [0.2, 0.25) is 0 Å². The fourth-order valence-electron chi connectivity index (χ4n) is 3.18. The molecule has 1 aromatic rings. The van der Waals surface area contributed by atoms with Crippen molar-refractivity contribution in [2.24, 2.45) is 5.92 Å². The first-order valence-electron chi connectivity index (χ1n) is 8.02. The minimum atomic E-state index is 0.146. The summed E-state index contributed by atoms with van der Waals surface area (Å²) in [4.78, 5) is 2.44. The van der Waals surface area contributed by atoms with Gasteiger partial charge in [-0.25, -0.2) is 0 Å². The van der Waals surface area contributed by atoms with Crippen molar-refractivity contribution in [3.63, 3.8) is 0 Å². The van der Waals surface area contributed by atoms with Crippen LogP contribution in [0.25, 0.3) is 0 Å². The molecule has 1 unspecified atom stereocenters. The second kappa shape index (κ2) is 7.70. The van der Waals surface area contributed by atoms with E-state index in [0.717, 1.165) is 38.2 Å². The molecule has 0 saturated carbocycles. The van der Waals surface area contributed by atoms with Gasteiger partial charge in [-0.1, -0.05) is 20.3 Å². The lowest BCUT2D eigenvalue weighted by Gasteiger charge is -2.39. The molecule has 1 fully saturated rings. The van der Waals surface area contributed by atoms with Crippen molar-refractivity contribution < 1.29 is 14.6 Å². The number of nitrogens with zero attached hydrogens (tertiary/aromatic N) is 1. The molecule has 0 amide bonds. The zero-order valence-electron chi connectivity index (χ0n) is 14.1. The van der Waals surface area contributed by atoms with E-state index in [4.69, 9.17) is 9.47 Å². The van der Waals surface area contributed by atoms with E-state index >= 15 is 0 Å². The molecule has 1 aliphatic rings. The summed E-state index contributed by atoms with van der Waals surface area (Å²) in [5.74, 6) is 1.98. The number of benzene rings is 1. The topological polar surface area (TPSA) is 54.0 Å². The van der Waals surface area contributed by atoms with Gasteiger partial charge in [-0.2, -0.15) is 0 Å². The van der Waals surface area contributed by atoms with Crippen molar-refractivity contribution >= 4 is 0 Å². The summed E-state index contributed by atoms with van der Waals surface area (Å²) in [6.45, 7) is 8.33. The molecule has 0 spiro atoms. The predicted molar refractivity (Wildman–Crippen MR) is 87.8 cm³/mol. The summed E-state index contributed by atoms with van der Waals surface area (Å²) in [7, 11) is 3.24. The van der Waals surface area contributed by atoms with E-state index in [9.17, 15) is 5.11 Å². The number of hydrogen-bond acceptors (Lipinski definition) is 5. The Morgan fingerprint density at radius 1 is 1.23 bits per heavy atom. The van der Waals surface area contributed by atoms with Gasteiger partial charge in [0.25, 0.3) is 0 Å². The standard InChI is InChI=1S/C17H28N2O3/c1-5-12(2)17(19-8-6-18-7-9-19)16-14(20)10-13(21-3)11-15(16)22-4/h10-12,17-18,20H,5-9H2,1-4H3/t12?,17-/m1/s1. The third kappa shape index (κ3) is 3.47. The molecule has 5 heteroatoms. The van der Waals surface area contributed by atoms with Gasteiger partial charge >= 0.3 is 0 Å². The quantitative estimate of drug-likeness (QED) is 0.845. The van der Waals surface area contributed by atoms with Gasteiger partial charge in [0.05, 0.1) is 19.8 Å². The van der Waals surface area contributed by atoms with Crippen LogP contribution in [0.4, 0.5) is 0 Å². The Balaban J connectivity index is 2.46. The smallest absolute Gasteiger partial charge is 0.131 e. The number of nitrogens with one attached hydrogen (secondary N) is 1. The van der Waals surface area contributed by atoms with Crippen LogP contribution in [0.15, 0.2) is 12.1 Å². The third-order valence-corrected chi connectivity index (χ3v) is 4.57. The Labute approximate surface area is 133 Å². The Hall–Kier alpha value is -1.46. The summed E-state index contributed by atoms with van der Waals surface area (Å²) in [6.07, 6.45) is 1.04. The van der Waals surface area contributed by atoms with E-state index in [1.807, 2.05) is 6.07 Å². The van der Waals surface area contributed by atoms with Crippen molar-refractivity contribution in [1.29, 1.82) is 0 Å². The van der Waals surface area contributed by atoms with E-state index in [1.54, 1.807) is 20.3 Å².